The first-order chi connectivity index (χ1) is 16.2. The van der Waals surface area contributed by atoms with E-state index in [0.29, 0.717) is 24.3 Å². The van der Waals surface area contributed by atoms with Crippen LogP contribution in [0.3, 0.4) is 0 Å². The van der Waals surface area contributed by atoms with Crippen molar-refractivity contribution in [2.45, 2.75) is 11.8 Å². The van der Waals surface area contributed by atoms with Gasteiger partial charge < -0.3 is 20.0 Å². The third kappa shape index (κ3) is 5.40. The molecule has 0 atom stereocenters. The topological polar surface area (TPSA) is 93.3 Å². The molecule has 0 spiro atoms. The standard InChI is InChI=1S/C24H31N5O4S/c1-19(30)27-15-17-29(18-16-27)34(32,33)23-9-3-20(4-10-23)24(31)25-21-5-7-22(8-6-21)28-13-11-26(2)12-14-28/h3-10H,11-18H2,1-2H3,(H,25,31). The molecule has 4 rings (SSSR count). The molecule has 9 nitrogen and oxygen atoms in total. The summed E-state index contributed by atoms with van der Waals surface area (Å²) in [6.07, 6.45) is 0. The van der Waals surface area contributed by atoms with E-state index in [9.17, 15) is 18.0 Å². The van der Waals surface area contributed by atoms with E-state index < -0.39 is 10.0 Å². The summed E-state index contributed by atoms with van der Waals surface area (Å²) < 4.78 is 27.2. The number of anilines is 2. The summed E-state index contributed by atoms with van der Waals surface area (Å²) in [5.41, 5.74) is 2.19. The Labute approximate surface area is 201 Å². The zero-order valence-corrected chi connectivity index (χ0v) is 20.4. The number of piperazine rings is 2. The van der Waals surface area contributed by atoms with E-state index in [-0.39, 0.29) is 29.8 Å². The molecule has 2 fully saturated rings. The third-order valence-corrected chi connectivity index (χ3v) is 8.34. The minimum atomic E-state index is -3.68. The van der Waals surface area contributed by atoms with Crippen LogP contribution in [0.25, 0.3) is 0 Å². The number of carbonyl (C=O) groups is 2. The molecule has 2 amide bonds. The molecule has 182 valence electrons. The number of nitrogens with zero attached hydrogens (tertiary/aromatic N) is 4. The van der Waals surface area contributed by atoms with Crippen LogP contribution in [0.15, 0.2) is 53.4 Å². The van der Waals surface area contributed by atoms with Crippen LogP contribution in [0.4, 0.5) is 11.4 Å². The van der Waals surface area contributed by atoms with Gasteiger partial charge in [0.05, 0.1) is 4.90 Å². The fourth-order valence-corrected chi connectivity index (χ4v) is 5.62. The highest BCUT2D eigenvalue weighted by Gasteiger charge is 2.29. The van der Waals surface area contributed by atoms with Gasteiger partial charge in [0.1, 0.15) is 0 Å². The fourth-order valence-electron chi connectivity index (χ4n) is 4.19. The van der Waals surface area contributed by atoms with Crippen molar-refractivity contribution in [2.75, 3.05) is 69.6 Å². The Morgan fingerprint density at radius 1 is 0.794 bits per heavy atom. The van der Waals surface area contributed by atoms with Gasteiger partial charge in [-0.3, -0.25) is 9.59 Å². The lowest BCUT2D eigenvalue weighted by Gasteiger charge is -2.34. The van der Waals surface area contributed by atoms with Crippen molar-refractivity contribution in [1.29, 1.82) is 0 Å². The van der Waals surface area contributed by atoms with E-state index in [0.717, 1.165) is 31.9 Å². The summed E-state index contributed by atoms with van der Waals surface area (Å²) in [5, 5.41) is 2.87. The minimum Gasteiger partial charge on any atom is -0.369 e. The van der Waals surface area contributed by atoms with Gasteiger partial charge in [-0.15, -0.1) is 0 Å². The van der Waals surface area contributed by atoms with Crippen LogP contribution in [0.2, 0.25) is 0 Å². The number of amides is 2. The van der Waals surface area contributed by atoms with Crippen molar-refractivity contribution < 1.29 is 18.0 Å². The van der Waals surface area contributed by atoms with Crippen LogP contribution < -0.4 is 10.2 Å². The van der Waals surface area contributed by atoms with Crippen molar-refractivity contribution in [3.63, 3.8) is 0 Å². The number of sulfonamides is 1. The second-order valence-electron chi connectivity index (χ2n) is 8.73. The van der Waals surface area contributed by atoms with Crippen LogP contribution in [0, 0.1) is 0 Å². The molecule has 0 bridgehead atoms. The maximum Gasteiger partial charge on any atom is 0.255 e. The quantitative estimate of drug-likeness (QED) is 0.691. The molecule has 0 radical (unpaired) electrons. The highest BCUT2D eigenvalue weighted by atomic mass is 32.2. The molecule has 0 aromatic heterocycles. The Bertz CT molecular complexity index is 1120. The van der Waals surface area contributed by atoms with Crippen LogP contribution in [0.5, 0.6) is 0 Å². The summed E-state index contributed by atoms with van der Waals surface area (Å²) in [5.74, 6) is -0.354. The summed E-state index contributed by atoms with van der Waals surface area (Å²) in [7, 11) is -1.56. The summed E-state index contributed by atoms with van der Waals surface area (Å²) >= 11 is 0. The maximum atomic E-state index is 12.9. The molecule has 34 heavy (non-hydrogen) atoms. The zero-order chi connectivity index (χ0) is 24.3. The first-order valence-corrected chi connectivity index (χ1v) is 12.9. The zero-order valence-electron chi connectivity index (χ0n) is 19.6. The molecule has 2 aromatic carbocycles. The van der Waals surface area contributed by atoms with Gasteiger partial charge in [-0.25, -0.2) is 8.42 Å². The molecule has 2 heterocycles. The van der Waals surface area contributed by atoms with Crippen molar-refractivity contribution in [1.82, 2.24) is 14.1 Å². The number of benzene rings is 2. The van der Waals surface area contributed by atoms with Gasteiger partial charge in [0.2, 0.25) is 15.9 Å². The predicted molar refractivity (Wildman–Crippen MR) is 132 cm³/mol. The molecular weight excluding hydrogens is 454 g/mol. The van der Waals surface area contributed by atoms with Gasteiger partial charge in [0.25, 0.3) is 5.91 Å². The van der Waals surface area contributed by atoms with Crippen LogP contribution in [-0.2, 0) is 14.8 Å². The molecular formula is C24H31N5O4S. The van der Waals surface area contributed by atoms with Crippen LogP contribution >= 0.6 is 0 Å². The molecule has 2 aliphatic heterocycles. The monoisotopic (exact) mass is 485 g/mol. The van der Waals surface area contributed by atoms with Crippen LogP contribution in [-0.4, -0.2) is 93.7 Å². The molecule has 0 unspecified atom stereocenters. The van der Waals surface area contributed by atoms with E-state index in [2.05, 4.69) is 22.2 Å². The van der Waals surface area contributed by atoms with E-state index >= 15 is 0 Å². The van der Waals surface area contributed by atoms with Gasteiger partial charge in [-0.2, -0.15) is 4.31 Å². The predicted octanol–water partition coefficient (Wildman–Crippen LogP) is 1.54. The average Bonchev–Trinajstić information content (AvgIpc) is 2.85. The second kappa shape index (κ2) is 10.1. The Balaban J connectivity index is 1.36. The second-order valence-corrected chi connectivity index (χ2v) is 10.7. The normalized spacial score (nSPS) is 18.1. The van der Waals surface area contributed by atoms with Gasteiger partial charge in [0, 0.05) is 76.2 Å². The summed E-state index contributed by atoms with van der Waals surface area (Å²) in [6, 6.07) is 13.7. The molecule has 0 saturated carbocycles. The molecule has 0 aliphatic carbocycles. The first kappa shape index (κ1) is 24.2. The van der Waals surface area contributed by atoms with Crippen molar-refractivity contribution >= 4 is 33.2 Å². The van der Waals surface area contributed by atoms with Gasteiger partial charge in [-0.1, -0.05) is 0 Å². The Hall–Kier alpha value is -2.95. The lowest BCUT2D eigenvalue weighted by molar-refractivity contribution is -0.129. The fraction of sp³-hybridized carbons (Fsp3) is 0.417. The van der Waals surface area contributed by atoms with E-state index in [1.807, 2.05) is 24.3 Å². The minimum absolute atomic E-state index is 0.0543. The lowest BCUT2D eigenvalue weighted by atomic mass is 10.2. The Kier molecular flexibility index (Phi) is 7.20. The van der Waals surface area contributed by atoms with Crippen molar-refractivity contribution in [2.24, 2.45) is 0 Å². The molecule has 2 aliphatic rings. The molecule has 2 aromatic rings. The molecule has 1 N–H and O–H groups in total. The Morgan fingerprint density at radius 2 is 1.38 bits per heavy atom. The smallest absolute Gasteiger partial charge is 0.255 e. The number of carbonyl (C=O) groups excluding carboxylic acids is 2. The van der Waals surface area contributed by atoms with E-state index in [4.69, 9.17) is 0 Å². The SMILES string of the molecule is CC(=O)N1CCN(S(=O)(=O)c2ccc(C(=O)Nc3ccc(N4CCN(C)CC4)cc3)cc2)CC1. The summed E-state index contributed by atoms with van der Waals surface area (Å²) in [4.78, 5) is 30.5. The molecule has 10 heteroatoms. The lowest BCUT2D eigenvalue weighted by Crippen LogP contribution is -2.49. The highest BCUT2D eigenvalue weighted by molar-refractivity contribution is 7.89. The van der Waals surface area contributed by atoms with Crippen molar-refractivity contribution in [3.05, 3.63) is 54.1 Å². The van der Waals surface area contributed by atoms with E-state index in [1.165, 1.54) is 35.5 Å². The summed E-state index contributed by atoms with van der Waals surface area (Å²) in [6.45, 7) is 6.76. The number of nitrogens with one attached hydrogen (secondary N) is 1. The van der Waals surface area contributed by atoms with Gasteiger partial charge in [0.15, 0.2) is 0 Å². The highest BCUT2D eigenvalue weighted by Crippen LogP contribution is 2.21. The number of hydrogen-bond acceptors (Lipinski definition) is 6. The average molecular weight is 486 g/mol. The largest absolute Gasteiger partial charge is 0.369 e. The number of hydrogen-bond donors (Lipinski definition) is 1. The van der Waals surface area contributed by atoms with E-state index in [1.54, 1.807) is 4.90 Å². The van der Waals surface area contributed by atoms with Gasteiger partial charge in [-0.05, 0) is 55.6 Å². The van der Waals surface area contributed by atoms with Crippen LogP contribution in [0.1, 0.15) is 17.3 Å². The number of rotatable bonds is 5. The third-order valence-electron chi connectivity index (χ3n) is 6.43. The Morgan fingerprint density at radius 3 is 1.94 bits per heavy atom. The van der Waals surface area contributed by atoms with Gasteiger partial charge >= 0.3 is 0 Å². The first-order valence-electron chi connectivity index (χ1n) is 11.4. The molecule has 2 saturated heterocycles. The van der Waals surface area contributed by atoms with Crippen molar-refractivity contribution in [3.8, 4) is 0 Å². The number of likely N-dealkylation sites (N-methyl/N-ethyl adjacent to an activating group) is 1. The maximum absolute atomic E-state index is 12.9.